The fourth-order valence-corrected chi connectivity index (χ4v) is 2.32. The van der Waals surface area contributed by atoms with Gasteiger partial charge in [-0.25, -0.2) is 9.19 Å². The van der Waals surface area contributed by atoms with Gasteiger partial charge in [0.1, 0.15) is 0 Å². The first-order valence-electron chi connectivity index (χ1n) is 3.78. The predicted octanol–water partition coefficient (Wildman–Crippen LogP) is 2.42. The summed E-state index contributed by atoms with van der Waals surface area (Å²) in [6, 6.07) is 0.130. The summed E-state index contributed by atoms with van der Waals surface area (Å²) in [6.45, 7) is 3.02. The van der Waals surface area contributed by atoms with Crippen LogP contribution in [0.2, 0.25) is 0 Å². The highest BCUT2D eigenvalue weighted by molar-refractivity contribution is 8.54. The molecule has 12 heavy (non-hydrogen) atoms. The van der Waals surface area contributed by atoms with Crippen LogP contribution in [-0.4, -0.2) is 18.9 Å². The van der Waals surface area contributed by atoms with Gasteiger partial charge in [0.2, 0.25) is 0 Å². The average Bonchev–Trinajstić information content (AvgIpc) is 2.02. The van der Waals surface area contributed by atoms with Crippen LogP contribution in [0.25, 0.3) is 0 Å². The molecule has 74 valence electrons. The van der Waals surface area contributed by atoms with Crippen molar-refractivity contribution >= 4 is 18.2 Å². The van der Waals surface area contributed by atoms with E-state index in [4.69, 9.17) is 9.15 Å². The maximum absolute atomic E-state index is 11.5. The molecular weight excluding hydrogens is 197 g/mol. The Morgan fingerprint density at radius 2 is 2.17 bits per heavy atom. The van der Waals surface area contributed by atoms with Crippen LogP contribution in [0.5, 0.6) is 0 Å². The molecule has 0 saturated carbocycles. The van der Waals surface area contributed by atoms with Gasteiger partial charge in [-0.2, -0.15) is 5.48 Å². The summed E-state index contributed by atoms with van der Waals surface area (Å²) < 4.78 is 21.4. The summed E-state index contributed by atoms with van der Waals surface area (Å²) in [6.07, 6.45) is 1.69. The number of hydrogen-bond donors (Lipinski definition) is 1. The van der Waals surface area contributed by atoms with Gasteiger partial charge >= 0.3 is 6.80 Å². The Labute approximate surface area is 77.6 Å². The zero-order chi connectivity index (χ0) is 9.61. The van der Waals surface area contributed by atoms with Gasteiger partial charge in [0.25, 0.3) is 0 Å². The van der Waals surface area contributed by atoms with Crippen LogP contribution in [0.3, 0.4) is 0 Å². The van der Waals surface area contributed by atoms with Gasteiger partial charge in [-0.15, -0.1) is 0 Å². The number of nitrogens with one attached hydrogen (secondary N) is 1. The zero-order valence-corrected chi connectivity index (χ0v) is 9.58. The third-order valence-corrected chi connectivity index (χ3v) is 4.14. The van der Waals surface area contributed by atoms with E-state index in [2.05, 4.69) is 5.48 Å². The minimum atomic E-state index is -2.95. The molecule has 0 heterocycles. The summed E-state index contributed by atoms with van der Waals surface area (Å²) in [5.41, 5.74) is 2.61. The topological polar surface area (TPSA) is 47.6 Å². The van der Waals surface area contributed by atoms with E-state index >= 15 is 0 Å². The smallest absolute Gasteiger partial charge is 0.300 e. The van der Waals surface area contributed by atoms with E-state index in [1.165, 1.54) is 0 Å². The van der Waals surface area contributed by atoms with Crippen LogP contribution in [0.1, 0.15) is 20.8 Å². The first-order valence-corrected chi connectivity index (χ1v) is 7.15. The Morgan fingerprint density at radius 1 is 1.58 bits per heavy atom. The highest BCUT2D eigenvalue weighted by Crippen LogP contribution is 2.58. The lowest BCUT2D eigenvalue weighted by Gasteiger charge is -2.16. The minimum absolute atomic E-state index is 0.130. The molecule has 0 saturated heterocycles. The van der Waals surface area contributed by atoms with Gasteiger partial charge in [0.15, 0.2) is 0 Å². The van der Waals surface area contributed by atoms with E-state index in [1.54, 1.807) is 13.2 Å². The summed E-state index contributed by atoms with van der Waals surface area (Å²) in [7, 11) is 0. The lowest BCUT2D eigenvalue weighted by atomic mass is 10.4. The largest absolute Gasteiger partial charge is 0.405 e. The Bertz CT molecular complexity index is 165. The summed E-state index contributed by atoms with van der Waals surface area (Å²) in [5, 5.41) is 0. The van der Waals surface area contributed by atoms with Crippen molar-refractivity contribution in [3.63, 3.8) is 0 Å². The standard InChI is InChI=1S/C6H16NO3PS/c1-5-9-11(8,12-4)10-7-6(2)3/h6-7H,5H2,1-4H3. The summed E-state index contributed by atoms with van der Waals surface area (Å²) >= 11 is 1.09. The second kappa shape index (κ2) is 6.00. The first-order chi connectivity index (χ1) is 5.54. The lowest BCUT2D eigenvalue weighted by molar-refractivity contribution is 0.136. The van der Waals surface area contributed by atoms with Gasteiger partial charge in [0, 0.05) is 6.04 Å². The van der Waals surface area contributed by atoms with Crippen molar-refractivity contribution in [3.8, 4) is 0 Å². The molecule has 0 bridgehead atoms. The molecule has 0 aromatic carbocycles. The minimum Gasteiger partial charge on any atom is -0.300 e. The quantitative estimate of drug-likeness (QED) is 0.542. The van der Waals surface area contributed by atoms with Gasteiger partial charge in [-0.1, -0.05) is 0 Å². The first kappa shape index (κ1) is 12.5. The molecule has 0 aliphatic heterocycles. The van der Waals surface area contributed by atoms with Crippen molar-refractivity contribution in [2.75, 3.05) is 12.9 Å². The molecule has 0 radical (unpaired) electrons. The Hall–Kier alpha value is 0.460. The Morgan fingerprint density at radius 3 is 2.50 bits per heavy atom. The highest BCUT2D eigenvalue weighted by Gasteiger charge is 2.23. The molecule has 0 aromatic heterocycles. The lowest BCUT2D eigenvalue weighted by Crippen LogP contribution is -2.21. The van der Waals surface area contributed by atoms with Crippen molar-refractivity contribution in [2.24, 2.45) is 0 Å². The summed E-state index contributed by atoms with van der Waals surface area (Å²) in [5.74, 6) is 0. The monoisotopic (exact) mass is 213 g/mol. The van der Waals surface area contributed by atoms with E-state index < -0.39 is 6.80 Å². The predicted molar refractivity (Wildman–Crippen MR) is 52.1 cm³/mol. The molecule has 1 atom stereocenters. The molecular formula is C6H16NO3PS. The summed E-state index contributed by atoms with van der Waals surface area (Å²) in [4.78, 5) is 0. The van der Waals surface area contributed by atoms with Crippen LogP contribution in [0.4, 0.5) is 0 Å². The van der Waals surface area contributed by atoms with Crippen molar-refractivity contribution in [1.82, 2.24) is 5.48 Å². The molecule has 0 rings (SSSR count). The number of rotatable bonds is 6. The fourth-order valence-electron chi connectivity index (χ4n) is 0.444. The third kappa shape index (κ3) is 5.17. The zero-order valence-electron chi connectivity index (χ0n) is 7.86. The second-order valence-electron chi connectivity index (χ2n) is 2.41. The van der Waals surface area contributed by atoms with E-state index in [9.17, 15) is 4.57 Å². The normalized spacial score (nSPS) is 16.4. The molecule has 1 unspecified atom stereocenters. The van der Waals surface area contributed by atoms with E-state index in [-0.39, 0.29) is 6.04 Å². The van der Waals surface area contributed by atoms with Gasteiger partial charge < -0.3 is 4.52 Å². The molecule has 0 aliphatic rings. The highest BCUT2D eigenvalue weighted by atomic mass is 32.7. The van der Waals surface area contributed by atoms with Gasteiger partial charge in [0.05, 0.1) is 6.61 Å². The van der Waals surface area contributed by atoms with Crippen LogP contribution in [-0.2, 0) is 13.7 Å². The van der Waals surface area contributed by atoms with Crippen LogP contribution >= 0.6 is 18.2 Å². The van der Waals surface area contributed by atoms with Crippen LogP contribution < -0.4 is 5.48 Å². The SMILES string of the molecule is CCOP(=O)(ONC(C)C)SC. The van der Waals surface area contributed by atoms with Gasteiger partial charge in [-0.05, 0) is 38.4 Å². The van der Waals surface area contributed by atoms with Crippen LogP contribution in [0, 0.1) is 0 Å². The molecule has 1 N–H and O–H groups in total. The van der Waals surface area contributed by atoms with Gasteiger partial charge in [-0.3, -0.25) is 0 Å². The average molecular weight is 213 g/mol. The van der Waals surface area contributed by atoms with E-state index in [0.717, 1.165) is 11.4 Å². The maximum atomic E-state index is 11.5. The number of hydrogen-bond acceptors (Lipinski definition) is 5. The van der Waals surface area contributed by atoms with E-state index in [0.29, 0.717) is 6.61 Å². The van der Waals surface area contributed by atoms with Crippen molar-refractivity contribution in [3.05, 3.63) is 0 Å². The second-order valence-corrected chi connectivity index (χ2v) is 6.55. The van der Waals surface area contributed by atoms with E-state index in [1.807, 2.05) is 13.8 Å². The van der Waals surface area contributed by atoms with Crippen LogP contribution in [0.15, 0.2) is 0 Å². The number of hydroxylamine groups is 1. The maximum Gasteiger partial charge on any atom is 0.405 e. The third-order valence-electron chi connectivity index (χ3n) is 0.911. The molecule has 6 heteroatoms. The molecule has 0 aliphatic carbocycles. The molecule has 0 amide bonds. The molecule has 4 nitrogen and oxygen atoms in total. The van der Waals surface area contributed by atoms with Crippen molar-refractivity contribution in [1.29, 1.82) is 0 Å². The Kier molecular flexibility index (Phi) is 6.23. The molecule has 0 fully saturated rings. The fraction of sp³-hybridized carbons (Fsp3) is 1.00. The van der Waals surface area contributed by atoms with Crippen molar-refractivity contribution < 1.29 is 13.7 Å². The Balaban J connectivity index is 3.88. The van der Waals surface area contributed by atoms with Crippen molar-refractivity contribution in [2.45, 2.75) is 26.8 Å². The molecule has 0 spiro atoms. The molecule has 0 aromatic rings.